The molecule has 1 N–H and O–H groups in total. The number of hydrogen-bond donors (Lipinski definition) is 1. The summed E-state index contributed by atoms with van der Waals surface area (Å²) in [4.78, 5) is 41.8. The summed E-state index contributed by atoms with van der Waals surface area (Å²) in [6.45, 7) is 0. The highest BCUT2D eigenvalue weighted by molar-refractivity contribution is 6.21. The van der Waals surface area contributed by atoms with Gasteiger partial charge in [-0.05, 0) is 42.8 Å². The number of nitrogens with zero attached hydrogens (tertiary/aromatic N) is 3. The maximum Gasteiger partial charge on any atom is 0.261 e. The molecule has 0 radical (unpaired) electrons. The number of carbonyl (C=O) groups is 3. The third-order valence-electron chi connectivity index (χ3n) is 5.28. The Balaban J connectivity index is 1.32. The number of benzene rings is 2. The van der Waals surface area contributed by atoms with Crippen LogP contribution in [-0.2, 0) is 11.2 Å². The molecule has 0 saturated carbocycles. The second-order valence-corrected chi connectivity index (χ2v) is 7.41. The van der Waals surface area contributed by atoms with E-state index in [0.29, 0.717) is 47.3 Å². The van der Waals surface area contributed by atoms with E-state index in [-0.39, 0.29) is 29.7 Å². The zero-order chi connectivity index (χ0) is 23.5. The minimum Gasteiger partial charge on any atom is -0.493 e. The fraction of sp³-hybridized carbons (Fsp3) is 0.261. The lowest BCUT2D eigenvalue weighted by molar-refractivity contribution is -0.116. The van der Waals surface area contributed by atoms with Crippen LogP contribution in [0.4, 0.5) is 5.69 Å². The van der Waals surface area contributed by atoms with Crippen LogP contribution in [0, 0.1) is 0 Å². The van der Waals surface area contributed by atoms with Gasteiger partial charge in [-0.3, -0.25) is 19.3 Å². The average molecular weight is 450 g/mol. The molecule has 0 saturated heterocycles. The smallest absolute Gasteiger partial charge is 0.261 e. The number of fused-ring (bicyclic) bond motifs is 1. The number of rotatable bonds is 8. The fourth-order valence-electron chi connectivity index (χ4n) is 3.51. The Morgan fingerprint density at radius 1 is 1.03 bits per heavy atom. The quantitative estimate of drug-likeness (QED) is 0.520. The molecule has 3 aromatic rings. The lowest BCUT2D eigenvalue weighted by Crippen LogP contribution is -2.24. The Morgan fingerprint density at radius 2 is 1.79 bits per heavy atom. The molecule has 3 amide bonds. The standard InChI is InChI=1S/C23H22N4O6/c1-27-22(29)15-9-8-14(12-16(15)23(27)30)24-19(28)5-4-6-20-25-21(26-33-20)13-7-10-17(31-2)18(11-13)32-3/h7-12H,4-6H2,1-3H3,(H,24,28). The first-order valence-electron chi connectivity index (χ1n) is 10.2. The highest BCUT2D eigenvalue weighted by Gasteiger charge is 2.32. The van der Waals surface area contributed by atoms with Crippen molar-refractivity contribution in [3.8, 4) is 22.9 Å². The first-order valence-corrected chi connectivity index (χ1v) is 10.2. The molecule has 4 rings (SSSR count). The minimum atomic E-state index is -0.382. The number of anilines is 1. The zero-order valence-corrected chi connectivity index (χ0v) is 18.4. The number of methoxy groups -OCH3 is 2. The number of amides is 3. The van der Waals surface area contributed by atoms with E-state index >= 15 is 0 Å². The molecule has 2 aromatic carbocycles. The summed E-state index contributed by atoms with van der Waals surface area (Å²) in [6, 6.07) is 9.99. The summed E-state index contributed by atoms with van der Waals surface area (Å²) >= 11 is 0. The van der Waals surface area contributed by atoms with Gasteiger partial charge in [-0.25, -0.2) is 0 Å². The van der Waals surface area contributed by atoms with Gasteiger partial charge in [0, 0.05) is 31.1 Å². The predicted octanol–water partition coefficient (Wildman–Crippen LogP) is 2.94. The molecule has 1 aliphatic rings. The third kappa shape index (κ3) is 4.40. The van der Waals surface area contributed by atoms with E-state index < -0.39 is 0 Å². The van der Waals surface area contributed by atoms with E-state index in [1.807, 2.05) is 0 Å². The lowest BCUT2D eigenvalue weighted by atomic mass is 10.1. The maximum absolute atomic E-state index is 12.3. The van der Waals surface area contributed by atoms with Crippen molar-refractivity contribution in [1.29, 1.82) is 0 Å². The normalized spacial score (nSPS) is 12.6. The van der Waals surface area contributed by atoms with Crippen molar-refractivity contribution >= 4 is 23.4 Å². The van der Waals surface area contributed by atoms with E-state index in [0.717, 1.165) is 10.5 Å². The van der Waals surface area contributed by atoms with Crippen molar-refractivity contribution in [3.05, 3.63) is 53.4 Å². The van der Waals surface area contributed by atoms with Gasteiger partial charge in [0.25, 0.3) is 11.8 Å². The summed E-state index contributed by atoms with van der Waals surface area (Å²) in [5.74, 6) is 1.03. The molecule has 170 valence electrons. The molecule has 0 fully saturated rings. The van der Waals surface area contributed by atoms with Crippen LogP contribution in [0.25, 0.3) is 11.4 Å². The van der Waals surface area contributed by atoms with Crippen LogP contribution in [0.3, 0.4) is 0 Å². The number of hydrogen-bond acceptors (Lipinski definition) is 8. The summed E-state index contributed by atoms with van der Waals surface area (Å²) in [6.07, 6.45) is 1.14. The number of imide groups is 1. The van der Waals surface area contributed by atoms with Gasteiger partial charge in [0.15, 0.2) is 11.5 Å². The summed E-state index contributed by atoms with van der Waals surface area (Å²) in [7, 11) is 4.54. The summed E-state index contributed by atoms with van der Waals surface area (Å²) in [5, 5.41) is 6.74. The van der Waals surface area contributed by atoms with Gasteiger partial charge in [-0.15, -0.1) is 0 Å². The maximum atomic E-state index is 12.3. The van der Waals surface area contributed by atoms with E-state index in [9.17, 15) is 14.4 Å². The molecule has 0 bridgehead atoms. The number of ether oxygens (including phenoxy) is 2. The van der Waals surface area contributed by atoms with Crippen molar-refractivity contribution in [2.45, 2.75) is 19.3 Å². The van der Waals surface area contributed by atoms with Crippen molar-refractivity contribution in [1.82, 2.24) is 15.0 Å². The Labute approximate surface area is 189 Å². The molecule has 0 aliphatic carbocycles. The van der Waals surface area contributed by atoms with Crippen LogP contribution in [0.1, 0.15) is 39.4 Å². The Hall–Kier alpha value is -4.21. The van der Waals surface area contributed by atoms with Crippen LogP contribution in [0.15, 0.2) is 40.9 Å². The third-order valence-corrected chi connectivity index (χ3v) is 5.28. The van der Waals surface area contributed by atoms with Gasteiger partial charge in [-0.1, -0.05) is 5.16 Å². The topological polar surface area (TPSA) is 124 Å². The number of carbonyl (C=O) groups excluding carboxylic acids is 3. The highest BCUT2D eigenvalue weighted by Crippen LogP contribution is 2.31. The second-order valence-electron chi connectivity index (χ2n) is 7.41. The molecular weight excluding hydrogens is 428 g/mol. The van der Waals surface area contributed by atoms with Gasteiger partial charge in [0.05, 0.1) is 25.3 Å². The summed E-state index contributed by atoms with van der Waals surface area (Å²) in [5.41, 5.74) is 1.80. The van der Waals surface area contributed by atoms with Crippen molar-refractivity contribution in [2.24, 2.45) is 0 Å². The Morgan fingerprint density at radius 3 is 2.55 bits per heavy atom. The van der Waals surface area contributed by atoms with E-state index in [2.05, 4.69) is 15.5 Å². The van der Waals surface area contributed by atoms with Crippen LogP contribution in [0.2, 0.25) is 0 Å². The first-order chi connectivity index (χ1) is 15.9. The second kappa shape index (κ2) is 9.11. The molecule has 1 aromatic heterocycles. The van der Waals surface area contributed by atoms with Gasteiger partial charge in [-0.2, -0.15) is 4.98 Å². The number of aromatic nitrogens is 2. The summed E-state index contributed by atoms with van der Waals surface area (Å²) < 4.78 is 15.8. The predicted molar refractivity (Wildman–Crippen MR) is 117 cm³/mol. The molecule has 0 unspecified atom stereocenters. The van der Waals surface area contributed by atoms with Gasteiger partial charge < -0.3 is 19.3 Å². The molecule has 0 atom stereocenters. The van der Waals surface area contributed by atoms with Gasteiger partial charge in [0.1, 0.15) is 0 Å². The molecule has 1 aliphatic heterocycles. The van der Waals surface area contributed by atoms with Crippen molar-refractivity contribution in [2.75, 3.05) is 26.6 Å². The first kappa shape index (κ1) is 22.0. The fourth-order valence-corrected chi connectivity index (χ4v) is 3.51. The van der Waals surface area contributed by atoms with E-state index in [1.165, 1.54) is 13.1 Å². The average Bonchev–Trinajstić information content (AvgIpc) is 3.38. The molecule has 33 heavy (non-hydrogen) atoms. The van der Waals surface area contributed by atoms with E-state index in [4.69, 9.17) is 14.0 Å². The molecule has 10 nitrogen and oxygen atoms in total. The SMILES string of the molecule is COc1ccc(-c2noc(CCCC(=O)Nc3ccc4c(c3)C(=O)N(C)C4=O)n2)cc1OC. The van der Waals surface area contributed by atoms with E-state index in [1.54, 1.807) is 44.6 Å². The minimum absolute atomic E-state index is 0.220. The van der Waals surface area contributed by atoms with Crippen molar-refractivity contribution in [3.63, 3.8) is 0 Å². The molecule has 0 spiro atoms. The molecular formula is C23H22N4O6. The Kier molecular flexibility index (Phi) is 6.07. The highest BCUT2D eigenvalue weighted by atomic mass is 16.5. The van der Waals surface area contributed by atoms with Gasteiger partial charge >= 0.3 is 0 Å². The number of nitrogens with one attached hydrogen (secondary N) is 1. The number of aryl methyl sites for hydroxylation is 1. The van der Waals surface area contributed by atoms with Crippen LogP contribution >= 0.6 is 0 Å². The van der Waals surface area contributed by atoms with Crippen LogP contribution < -0.4 is 14.8 Å². The van der Waals surface area contributed by atoms with Gasteiger partial charge in [0.2, 0.25) is 17.6 Å². The zero-order valence-electron chi connectivity index (χ0n) is 18.4. The Bertz CT molecular complexity index is 1240. The molecule has 10 heteroatoms. The largest absolute Gasteiger partial charge is 0.493 e. The van der Waals surface area contributed by atoms with Crippen LogP contribution in [0.5, 0.6) is 11.5 Å². The van der Waals surface area contributed by atoms with Crippen molar-refractivity contribution < 1.29 is 28.4 Å². The monoisotopic (exact) mass is 450 g/mol. The van der Waals surface area contributed by atoms with Crippen LogP contribution in [-0.4, -0.2) is 54.0 Å². The molecule has 2 heterocycles. The lowest BCUT2D eigenvalue weighted by Gasteiger charge is -2.07.